The van der Waals surface area contributed by atoms with Gasteiger partial charge in [-0.15, -0.1) is 0 Å². The summed E-state index contributed by atoms with van der Waals surface area (Å²) < 4.78 is 0.746. The van der Waals surface area contributed by atoms with Gasteiger partial charge in [-0.25, -0.2) is 9.97 Å². The highest BCUT2D eigenvalue weighted by atomic mass is 79.9. The molecule has 1 aromatic heterocycles. The summed E-state index contributed by atoms with van der Waals surface area (Å²) >= 11 is 9.35. The number of halogens is 2. The molecule has 0 aromatic carbocycles. The largest absolute Gasteiger partial charge is 0.365 e. The molecule has 1 unspecified atom stereocenters. The Balaban J connectivity index is 2.02. The predicted octanol–water partition coefficient (Wildman–Crippen LogP) is 2.79. The van der Waals surface area contributed by atoms with E-state index in [2.05, 4.69) is 43.0 Å². The van der Waals surface area contributed by atoms with Crippen molar-refractivity contribution in [2.45, 2.75) is 25.8 Å². The number of hydrogen-bond acceptors (Lipinski definition) is 4. The molecule has 0 spiro atoms. The highest BCUT2D eigenvalue weighted by Gasteiger charge is 2.20. The maximum absolute atomic E-state index is 5.94. The Bertz CT molecular complexity index is 388. The Morgan fingerprint density at radius 3 is 3.18 bits per heavy atom. The molecule has 0 saturated carbocycles. The van der Waals surface area contributed by atoms with Crippen molar-refractivity contribution >= 4 is 33.3 Å². The van der Waals surface area contributed by atoms with Crippen LogP contribution in [0.5, 0.6) is 0 Å². The quantitative estimate of drug-likeness (QED) is 0.870. The SMILES string of the molecule is CCN1CCCC(Nc2ncnc(Cl)c2Br)C1. The summed E-state index contributed by atoms with van der Waals surface area (Å²) in [6, 6.07) is 0.436. The molecule has 4 nitrogen and oxygen atoms in total. The fraction of sp³-hybridized carbons (Fsp3) is 0.636. The first-order chi connectivity index (χ1) is 8.20. The Kier molecular flexibility index (Phi) is 4.59. The molecule has 2 rings (SSSR count). The van der Waals surface area contributed by atoms with Crippen LogP contribution in [0.15, 0.2) is 10.8 Å². The number of rotatable bonds is 3. The van der Waals surface area contributed by atoms with Gasteiger partial charge in [0.25, 0.3) is 0 Å². The number of nitrogens with one attached hydrogen (secondary N) is 1. The number of piperidine rings is 1. The summed E-state index contributed by atoms with van der Waals surface area (Å²) in [6.45, 7) is 5.55. The minimum absolute atomic E-state index is 0.436. The predicted molar refractivity (Wildman–Crippen MR) is 73.5 cm³/mol. The first-order valence-electron chi connectivity index (χ1n) is 5.85. The summed E-state index contributed by atoms with van der Waals surface area (Å²) in [7, 11) is 0. The Morgan fingerprint density at radius 1 is 1.59 bits per heavy atom. The lowest BCUT2D eigenvalue weighted by atomic mass is 10.1. The van der Waals surface area contributed by atoms with E-state index >= 15 is 0 Å². The van der Waals surface area contributed by atoms with Crippen LogP contribution in [0.25, 0.3) is 0 Å². The van der Waals surface area contributed by atoms with Crippen LogP contribution in [0.2, 0.25) is 5.15 Å². The van der Waals surface area contributed by atoms with Crippen LogP contribution in [0.3, 0.4) is 0 Å². The fourth-order valence-corrected chi connectivity index (χ4v) is 2.56. The first-order valence-corrected chi connectivity index (χ1v) is 7.02. The third-order valence-corrected chi connectivity index (χ3v) is 4.31. The van der Waals surface area contributed by atoms with Crippen molar-refractivity contribution in [3.8, 4) is 0 Å². The molecule has 1 aliphatic heterocycles. The van der Waals surface area contributed by atoms with Gasteiger partial charge in [0.05, 0.1) is 4.47 Å². The highest BCUT2D eigenvalue weighted by molar-refractivity contribution is 9.10. The molecule has 94 valence electrons. The number of likely N-dealkylation sites (tertiary alicyclic amines) is 1. The van der Waals surface area contributed by atoms with E-state index in [-0.39, 0.29) is 0 Å². The van der Waals surface area contributed by atoms with E-state index in [4.69, 9.17) is 11.6 Å². The van der Waals surface area contributed by atoms with Crippen LogP contribution in [0.4, 0.5) is 5.82 Å². The number of anilines is 1. The van der Waals surface area contributed by atoms with Crippen LogP contribution < -0.4 is 5.32 Å². The van der Waals surface area contributed by atoms with Crippen molar-refractivity contribution in [2.75, 3.05) is 25.0 Å². The van der Waals surface area contributed by atoms with Gasteiger partial charge >= 0.3 is 0 Å². The topological polar surface area (TPSA) is 41.0 Å². The summed E-state index contributed by atoms with van der Waals surface area (Å²) in [5.74, 6) is 0.785. The number of hydrogen-bond donors (Lipinski definition) is 1. The van der Waals surface area contributed by atoms with Crippen LogP contribution in [-0.2, 0) is 0 Å². The van der Waals surface area contributed by atoms with Gasteiger partial charge in [0, 0.05) is 12.6 Å². The van der Waals surface area contributed by atoms with Crippen molar-refractivity contribution < 1.29 is 0 Å². The van der Waals surface area contributed by atoms with E-state index < -0.39 is 0 Å². The van der Waals surface area contributed by atoms with Crippen LogP contribution >= 0.6 is 27.5 Å². The standard InChI is InChI=1S/C11H16BrClN4/c1-2-17-5-3-4-8(6-17)16-11-9(12)10(13)14-7-15-11/h7-8H,2-6H2,1H3,(H,14,15,16). The van der Waals surface area contributed by atoms with Gasteiger partial charge in [0.15, 0.2) is 0 Å². The maximum Gasteiger partial charge on any atom is 0.148 e. The Hall–Kier alpha value is -0.390. The normalized spacial score (nSPS) is 21.5. The van der Waals surface area contributed by atoms with Gasteiger partial charge in [0.1, 0.15) is 17.3 Å². The van der Waals surface area contributed by atoms with Crippen molar-refractivity contribution in [1.82, 2.24) is 14.9 Å². The molecule has 2 heterocycles. The summed E-state index contributed by atoms with van der Waals surface area (Å²) in [5.41, 5.74) is 0. The molecule has 1 aliphatic rings. The van der Waals surface area contributed by atoms with Gasteiger partial charge in [0.2, 0.25) is 0 Å². The zero-order valence-electron chi connectivity index (χ0n) is 9.79. The van der Waals surface area contributed by atoms with E-state index in [0.717, 1.165) is 23.4 Å². The smallest absolute Gasteiger partial charge is 0.148 e. The minimum atomic E-state index is 0.436. The Morgan fingerprint density at radius 2 is 2.41 bits per heavy atom. The molecule has 0 radical (unpaired) electrons. The fourth-order valence-electron chi connectivity index (χ4n) is 2.10. The molecule has 17 heavy (non-hydrogen) atoms. The molecule has 0 bridgehead atoms. The monoisotopic (exact) mass is 318 g/mol. The number of nitrogens with zero attached hydrogens (tertiary/aromatic N) is 3. The van der Waals surface area contributed by atoms with E-state index in [9.17, 15) is 0 Å². The van der Waals surface area contributed by atoms with Crippen LogP contribution in [0.1, 0.15) is 19.8 Å². The third kappa shape index (κ3) is 3.30. The van der Waals surface area contributed by atoms with Crippen molar-refractivity contribution in [2.24, 2.45) is 0 Å². The van der Waals surface area contributed by atoms with Crippen molar-refractivity contribution in [3.63, 3.8) is 0 Å². The van der Waals surface area contributed by atoms with Gasteiger partial charge in [-0.1, -0.05) is 18.5 Å². The van der Waals surface area contributed by atoms with E-state index in [1.807, 2.05) is 0 Å². The average molecular weight is 320 g/mol. The van der Waals surface area contributed by atoms with Gasteiger partial charge < -0.3 is 10.2 Å². The molecule has 1 saturated heterocycles. The second kappa shape index (κ2) is 5.98. The molecule has 0 aliphatic carbocycles. The molecular formula is C11H16BrClN4. The molecule has 1 N–H and O–H groups in total. The second-order valence-corrected chi connectivity index (χ2v) is 5.35. The lowest BCUT2D eigenvalue weighted by Crippen LogP contribution is -2.42. The number of likely N-dealkylation sites (N-methyl/N-ethyl adjacent to an activating group) is 1. The third-order valence-electron chi connectivity index (χ3n) is 3.04. The zero-order valence-corrected chi connectivity index (χ0v) is 12.1. The van der Waals surface area contributed by atoms with Gasteiger partial charge in [-0.2, -0.15) is 0 Å². The molecule has 1 aromatic rings. The lowest BCUT2D eigenvalue weighted by molar-refractivity contribution is 0.226. The van der Waals surface area contributed by atoms with Crippen molar-refractivity contribution in [1.29, 1.82) is 0 Å². The van der Waals surface area contributed by atoms with E-state index in [0.29, 0.717) is 11.2 Å². The van der Waals surface area contributed by atoms with Crippen LogP contribution in [0, 0.1) is 0 Å². The lowest BCUT2D eigenvalue weighted by Gasteiger charge is -2.32. The highest BCUT2D eigenvalue weighted by Crippen LogP contribution is 2.27. The van der Waals surface area contributed by atoms with E-state index in [1.54, 1.807) is 0 Å². The summed E-state index contributed by atoms with van der Waals surface area (Å²) in [4.78, 5) is 10.6. The molecule has 1 fully saturated rings. The first kappa shape index (κ1) is 13.1. The van der Waals surface area contributed by atoms with Gasteiger partial charge in [-0.05, 0) is 41.9 Å². The Labute approximate surface area is 115 Å². The summed E-state index contributed by atoms with van der Waals surface area (Å²) in [5, 5.41) is 3.88. The zero-order chi connectivity index (χ0) is 12.3. The maximum atomic E-state index is 5.94. The minimum Gasteiger partial charge on any atom is -0.365 e. The molecule has 1 atom stereocenters. The van der Waals surface area contributed by atoms with Crippen molar-refractivity contribution in [3.05, 3.63) is 16.0 Å². The molecule has 6 heteroatoms. The number of aromatic nitrogens is 2. The second-order valence-electron chi connectivity index (χ2n) is 4.20. The molecular weight excluding hydrogens is 304 g/mol. The van der Waals surface area contributed by atoms with E-state index in [1.165, 1.54) is 25.7 Å². The average Bonchev–Trinajstić information content (AvgIpc) is 2.35. The summed E-state index contributed by atoms with van der Waals surface area (Å²) in [6.07, 6.45) is 3.88. The van der Waals surface area contributed by atoms with Crippen LogP contribution in [-0.4, -0.2) is 40.5 Å². The van der Waals surface area contributed by atoms with Gasteiger partial charge in [-0.3, -0.25) is 0 Å². The molecule has 0 amide bonds.